The van der Waals surface area contributed by atoms with E-state index in [0.29, 0.717) is 0 Å². The molecule has 0 aliphatic rings. The normalized spacial score (nSPS) is 13.1. The summed E-state index contributed by atoms with van der Waals surface area (Å²) in [7, 11) is -2.50. The van der Waals surface area contributed by atoms with Gasteiger partial charge in [-0.25, -0.2) is 12.8 Å². The van der Waals surface area contributed by atoms with Crippen LogP contribution < -0.4 is 0 Å². The van der Waals surface area contributed by atoms with E-state index in [2.05, 4.69) is 15.9 Å². The summed E-state index contributed by atoms with van der Waals surface area (Å²) in [5, 5.41) is 9.63. The van der Waals surface area contributed by atoms with Crippen LogP contribution in [0.25, 0.3) is 0 Å². The van der Waals surface area contributed by atoms with Crippen molar-refractivity contribution >= 4 is 26.0 Å². The highest BCUT2D eigenvalue weighted by atomic mass is 79.9. The van der Waals surface area contributed by atoms with Crippen molar-refractivity contribution in [1.82, 2.24) is 4.31 Å². The second-order valence-corrected chi connectivity index (χ2v) is 7.52. The summed E-state index contributed by atoms with van der Waals surface area (Å²) in [6, 6.07) is 3.44. The fraction of sp³-hybridized carbons (Fsp3) is 0.455. The molecule has 0 aliphatic carbocycles. The van der Waals surface area contributed by atoms with E-state index in [1.165, 1.54) is 33.0 Å². The van der Waals surface area contributed by atoms with Crippen LogP contribution in [0, 0.1) is 5.82 Å². The van der Waals surface area contributed by atoms with Crippen molar-refractivity contribution in [2.75, 3.05) is 13.6 Å². The van der Waals surface area contributed by atoms with E-state index in [9.17, 15) is 17.9 Å². The Labute approximate surface area is 115 Å². The van der Waals surface area contributed by atoms with Crippen LogP contribution in [0.4, 0.5) is 4.39 Å². The van der Waals surface area contributed by atoms with Crippen molar-refractivity contribution in [3.8, 4) is 0 Å². The summed E-state index contributed by atoms with van der Waals surface area (Å²) in [4.78, 5) is -0.158. The van der Waals surface area contributed by atoms with E-state index in [1.807, 2.05) is 0 Å². The molecule has 1 N–H and O–H groups in total. The number of benzene rings is 1. The first-order chi connectivity index (χ1) is 8.04. The zero-order chi connectivity index (χ0) is 14.1. The van der Waals surface area contributed by atoms with Crippen molar-refractivity contribution in [3.05, 3.63) is 28.5 Å². The van der Waals surface area contributed by atoms with E-state index >= 15 is 0 Å². The Morgan fingerprint density at radius 3 is 2.50 bits per heavy atom. The van der Waals surface area contributed by atoms with E-state index in [1.54, 1.807) is 0 Å². The zero-order valence-corrected chi connectivity index (χ0v) is 12.7. The summed E-state index contributed by atoms with van der Waals surface area (Å²) >= 11 is 3.08. The van der Waals surface area contributed by atoms with Crippen molar-refractivity contribution in [2.24, 2.45) is 0 Å². The van der Waals surface area contributed by atoms with Gasteiger partial charge in [-0.2, -0.15) is 4.31 Å². The Kier molecular flexibility index (Phi) is 4.53. The number of sulfonamides is 1. The summed E-state index contributed by atoms with van der Waals surface area (Å²) < 4.78 is 38.8. The maximum Gasteiger partial charge on any atom is 0.244 e. The van der Waals surface area contributed by atoms with Gasteiger partial charge in [-0.05, 0) is 48.0 Å². The van der Waals surface area contributed by atoms with E-state index < -0.39 is 21.4 Å². The lowest BCUT2D eigenvalue weighted by atomic mass is 10.1. The second-order valence-electron chi connectivity index (χ2n) is 4.65. The van der Waals surface area contributed by atoms with Gasteiger partial charge in [0.25, 0.3) is 0 Å². The van der Waals surface area contributed by atoms with Gasteiger partial charge in [-0.1, -0.05) is 0 Å². The highest BCUT2D eigenvalue weighted by molar-refractivity contribution is 9.10. The first kappa shape index (κ1) is 15.6. The van der Waals surface area contributed by atoms with Crippen LogP contribution >= 0.6 is 15.9 Å². The molecule has 0 aromatic heterocycles. The van der Waals surface area contributed by atoms with Crippen LogP contribution in [-0.4, -0.2) is 37.0 Å². The molecule has 0 heterocycles. The number of likely N-dealkylation sites (N-methyl/N-ethyl adjacent to an activating group) is 1. The zero-order valence-electron chi connectivity index (χ0n) is 10.3. The molecule has 0 saturated carbocycles. The molecular weight excluding hydrogens is 325 g/mol. The Morgan fingerprint density at radius 2 is 2.00 bits per heavy atom. The quantitative estimate of drug-likeness (QED) is 0.912. The summed E-state index contributed by atoms with van der Waals surface area (Å²) in [6.45, 7) is 2.91. The lowest BCUT2D eigenvalue weighted by Gasteiger charge is -2.25. The van der Waals surface area contributed by atoms with Crippen molar-refractivity contribution in [1.29, 1.82) is 0 Å². The molecule has 0 unspecified atom stereocenters. The van der Waals surface area contributed by atoms with Crippen LogP contribution in [0.5, 0.6) is 0 Å². The Balaban J connectivity index is 3.17. The summed E-state index contributed by atoms with van der Waals surface area (Å²) in [5.41, 5.74) is -1.17. The highest BCUT2D eigenvalue weighted by Crippen LogP contribution is 2.26. The van der Waals surface area contributed by atoms with E-state index in [-0.39, 0.29) is 15.9 Å². The molecule has 0 atom stereocenters. The molecule has 4 nitrogen and oxygen atoms in total. The van der Waals surface area contributed by atoms with Gasteiger partial charge in [-0.15, -0.1) is 0 Å². The molecule has 1 rings (SSSR count). The Bertz CT molecular complexity index is 540. The summed E-state index contributed by atoms with van der Waals surface area (Å²) in [6.07, 6.45) is 0. The van der Waals surface area contributed by atoms with E-state index in [4.69, 9.17) is 0 Å². The minimum atomic E-state index is -3.84. The van der Waals surface area contributed by atoms with Gasteiger partial charge >= 0.3 is 0 Å². The average molecular weight is 340 g/mol. The molecule has 0 radical (unpaired) electrons. The van der Waals surface area contributed by atoms with Crippen LogP contribution in [0.15, 0.2) is 27.6 Å². The third-order valence-electron chi connectivity index (χ3n) is 2.19. The largest absolute Gasteiger partial charge is 0.389 e. The number of hydrogen-bond donors (Lipinski definition) is 1. The number of rotatable bonds is 4. The Hall–Kier alpha value is -0.500. The van der Waals surface area contributed by atoms with Gasteiger partial charge in [0.15, 0.2) is 0 Å². The molecule has 0 aliphatic heterocycles. The molecule has 1 aromatic rings. The predicted molar refractivity (Wildman–Crippen MR) is 70.2 cm³/mol. The van der Waals surface area contributed by atoms with Gasteiger partial charge in [0.2, 0.25) is 10.0 Å². The molecular formula is C11H15BrFNO3S. The standard InChI is InChI=1S/C11H15BrFNO3S/c1-11(2,15)7-14(3)18(16,17)10-6-8(13)4-5-9(10)12/h4-6,15H,7H2,1-3H3. The van der Waals surface area contributed by atoms with Crippen molar-refractivity contribution in [2.45, 2.75) is 24.3 Å². The lowest BCUT2D eigenvalue weighted by Crippen LogP contribution is -2.39. The first-order valence-corrected chi connectivity index (χ1v) is 7.41. The second kappa shape index (κ2) is 5.24. The van der Waals surface area contributed by atoms with Crippen molar-refractivity contribution < 1.29 is 17.9 Å². The lowest BCUT2D eigenvalue weighted by molar-refractivity contribution is 0.0640. The smallest absolute Gasteiger partial charge is 0.244 e. The number of nitrogens with zero attached hydrogens (tertiary/aromatic N) is 1. The monoisotopic (exact) mass is 339 g/mol. The summed E-state index contributed by atoms with van der Waals surface area (Å²) in [5.74, 6) is -0.631. The number of aliphatic hydroxyl groups is 1. The van der Waals surface area contributed by atoms with Crippen LogP contribution in [0.3, 0.4) is 0 Å². The maximum absolute atomic E-state index is 13.1. The van der Waals surface area contributed by atoms with Crippen molar-refractivity contribution in [3.63, 3.8) is 0 Å². The molecule has 0 fully saturated rings. The van der Waals surface area contributed by atoms with Gasteiger partial charge in [0.05, 0.1) is 10.5 Å². The molecule has 0 saturated heterocycles. The predicted octanol–water partition coefficient (Wildman–Crippen LogP) is 1.98. The van der Waals surface area contributed by atoms with Gasteiger partial charge in [0.1, 0.15) is 5.82 Å². The molecule has 0 bridgehead atoms. The minimum absolute atomic E-state index is 0.0850. The van der Waals surface area contributed by atoms with Crippen LogP contribution in [0.1, 0.15) is 13.8 Å². The third-order valence-corrected chi connectivity index (χ3v) is 4.99. The third kappa shape index (κ3) is 3.74. The Morgan fingerprint density at radius 1 is 1.44 bits per heavy atom. The minimum Gasteiger partial charge on any atom is -0.389 e. The molecule has 18 heavy (non-hydrogen) atoms. The molecule has 1 aromatic carbocycles. The number of hydrogen-bond acceptors (Lipinski definition) is 3. The maximum atomic E-state index is 13.1. The fourth-order valence-electron chi connectivity index (χ4n) is 1.47. The molecule has 7 heteroatoms. The average Bonchev–Trinajstić information content (AvgIpc) is 2.19. The van der Waals surface area contributed by atoms with Crippen LogP contribution in [-0.2, 0) is 10.0 Å². The molecule has 0 spiro atoms. The van der Waals surface area contributed by atoms with Gasteiger partial charge in [0, 0.05) is 18.1 Å². The van der Waals surface area contributed by atoms with Gasteiger partial charge in [-0.3, -0.25) is 0 Å². The molecule has 0 amide bonds. The first-order valence-electron chi connectivity index (χ1n) is 5.18. The number of halogens is 2. The van der Waals surface area contributed by atoms with E-state index in [0.717, 1.165) is 10.4 Å². The topological polar surface area (TPSA) is 57.6 Å². The molecule has 102 valence electrons. The highest BCUT2D eigenvalue weighted by Gasteiger charge is 2.28. The van der Waals surface area contributed by atoms with Crippen LogP contribution in [0.2, 0.25) is 0 Å². The van der Waals surface area contributed by atoms with Gasteiger partial charge < -0.3 is 5.11 Å². The fourth-order valence-corrected chi connectivity index (χ4v) is 3.73. The SMILES string of the molecule is CN(CC(C)(C)O)S(=O)(=O)c1cc(F)ccc1Br.